The van der Waals surface area contributed by atoms with Crippen molar-refractivity contribution < 1.29 is 19.2 Å². The number of amides is 1. The summed E-state index contributed by atoms with van der Waals surface area (Å²) in [4.78, 5) is 12.0. The van der Waals surface area contributed by atoms with Gasteiger partial charge in [-0.05, 0) is 11.8 Å². The zero-order valence-electron chi connectivity index (χ0n) is 11.9. The van der Waals surface area contributed by atoms with Crippen molar-refractivity contribution >= 4 is 5.91 Å². The van der Waals surface area contributed by atoms with Gasteiger partial charge in [0.1, 0.15) is 6.61 Å². The molecule has 1 rings (SSSR count). The number of carbonyl (C=O) groups excluding carboxylic acids is 1. The molecule has 0 saturated carbocycles. The Hall–Kier alpha value is -1.40. The van der Waals surface area contributed by atoms with Gasteiger partial charge in [-0.1, -0.05) is 25.9 Å². The van der Waals surface area contributed by atoms with Crippen LogP contribution in [0.5, 0.6) is 0 Å². The number of nitrogens with zero attached hydrogens (tertiary/aromatic N) is 1. The first-order valence-corrected chi connectivity index (χ1v) is 6.24. The average Bonchev–Trinajstić information content (AvgIpc) is 2.76. The number of aromatic nitrogens is 1. The molecule has 6 nitrogen and oxygen atoms in total. The third-order valence-electron chi connectivity index (χ3n) is 2.85. The largest absolute Gasteiger partial charge is 0.396 e. The molecule has 1 atom stereocenters. The first kappa shape index (κ1) is 15.7. The fraction of sp³-hybridized carbons (Fsp3) is 0.692. The summed E-state index contributed by atoms with van der Waals surface area (Å²) in [5.74, 6) is 0.196. The minimum atomic E-state index is -0.306. The maximum absolute atomic E-state index is 12.0. The molecule has 1 amide bonds. The summed E-state index contributed by atoms with van der Waals surface area (Å²) in [5.41, 5.74) is 0.0801. The summed E-state index contributed by atoms with van der Waals surface area (Å²) in [6.45, 7) is 6.32. The Kier molecular flexibility index (Phi) is 5.50. The zero-order valence-corrected chi connectivity index (χ0v) is 11.9. The van der Waals surface area contributed by atoms with E-state index in [0.717, 1.165) is 0 Å². The number of ether oxygens (including phenoxy) is 1. The van der Waals surface area contributed by atoms with Crippen molar-refractivity contribution in [1.82, 2.24) is 10.5 Å². The van der Waals surface area contributed by atoms with Gasteiger partial charge in [0.25, 0.3) is 5.91 Å². The van der Waals surface area contributed by atoms with E-state index in [4.69, 9.17) is 14.4 Å². The number of carbonyl (C=O) groups is 1. The van der Waals surface area contributed by atoms with Crippen LogP contribution in [0.25, 0.3) is 0 Å². The van der Waals surface area contributed by atoms with Gasteiger partial charge in [-0.2, -0.15) is 0 Å². The fourth-order valence-corrected chi connectivity index (χ4v) is 1.71. The van der Waals surface area contributed by atoms with Crippen LogP contribution in [0.1, 0.15) is 43.4 Å². The van der Waals surface area contributed by atoms with Crippen LogP contribution in [0.2, 0.25) is 0 Å². The second-order valence-corrected chi connectivity index (χ2v) is 5.52. The van der Waals surface area contributed by atoms with Crippen molar-refractivity contribution in [3.63, 3.8) is 0 Å². The Morgan fingerprint density at radius 1 is 1.58 bits per heavy atom. The second kappa shape index (κ2) is 6.68. The van der Waals surface area contributed by atoms with E-state index in [0.29, 0.717) is 12.2 Å². The van der Waals surface area contributed by atoms with Gasteiger partial charge < -0.3 is 19.7 Å². The third kappa shape index (κ3) is 4.65. The molecule has 6 heteroatoms. The minimum Gasteiger partial charge on any atom is -0.396 e. The number of methoxy groups -OCH3 is 1. The van der Waals surface area contributed by atoms with Crippen LogP contribution in [0.4, 0.5) is 0 Å². The Morgan fingerprint density at radius 3 is 2.79 bits per heavy atom. The van der Waals surface area contributed by atoms with Crippen LogP contribution in [-0.2, 0) is 11.3 Å². The predicted molar refractivity (Wildman–Crippen MR) is 69.6 cm³/mol. The predicted octanol–water partition coefficient (Wildman–Crippen LogP) is 1.35. The maximum Gasteiger partial charge on any atom is 0.273 e. The molecular formula is C13H22N2O4. The highest BCUT2D eigenvalue weighted by Crippen LogP contribution is 2.22. The lowest BCUT2D eigenvalue weighted by atomic mass is 9.85. The Bertz CT molecular complexity index is 409. The molecule has 1 aromatic heterocycles. The number of aliphatic hydroxyl groups is 1. The van der Waals surface area contributed by atoms with Gasteiger partial charge in [0, 0.05) is 25.8 Å². The fourth-order valence-electron chi connectivity index (χ4n) is 1.71. The summed E-state index contributed by atoms with van der Waals surface area (Å²) >= 11 is 0. The molecule has 0 aliphatic heterocycles. The monoisotopic (exact) mass is 270 g/mol. The number of rotatable bonds is 6. The van der Waals surface area contributed by atoms with E-state index in [1.165, 1.54) is 0 Å². The molecule has 0 spiro atoms. The van der Waals surface area contributed by atoms with E-state index in [1.54, 1.807) is 13.2 Å². The van der Waals surface area contributed by atoms with Crippen molar-refractivity contribution in [3.8, 4) is 0 Å². The highest BCUT2D eigenvalue weighted by Gasteiger charge is 2.27. The molecule has 2 N–H and O–H groups in total. The molecule has 0 aromatic carbocycles. The SMILES string of the molecule is COCc1cc(C(=O)NC(CCO)C(C)(C)C)no1. The Labute approximate surface area is 113 Å². The molecule has 19 heavy (non-hydrogen) atoms. The Morgan fingerprint density at radius 2 is 2.26 bits per heavy atom. The zero-order chi connectivity index (χ0) is 14.5. The first-order chi connectivity index (χ1) is 8.88. The van der Waals surface area contributed by atoms with Gasteiger partial charge in [0.05, 0.1) is 0 Å². The molecule has 0 radical (unpaired) electrons. The van der Waals surface area contributed by atoms with E-state index in [2.05, 4.69) is 10.5 Å². The maximum atomic E-state index is 12.0. The molecule has 1 aromatic rings. The van der Waals surface area contributed by atoms with E-state index in [1.807, 2.05) is 20.8 Å². The third-order valence-corrected chi connectivity index (χ3v) is 2.85. The van der Waals surface area contributed by atoms with Crippen LogP contribution in [-0.4, -0.2) is 35.9 Å². The number of nitrogens with one attached hydrogen (secondary N) is 1. The van der Waals surface area contributed by atoms with E-state index >= 15 is 0 Å². The van der Waals surface area contributed by atoms with Crippen molar-refractivity contribution in [2.45, 2.75) is 39.8 Å². The lowest BCUT2D eigenvalue weighted by Crippen LogP contribution is -2.44. The van der Waals surface area contributed by atoms with Crippen molar-refractivity contribution in [3.05, 3.63) is 17.5 Å². The molecule has 0 bridgehead atoms. The summed E-state index contributed by atoms with van der Waals surface area (Å²) in [6.07, 6.45) is 0.498. The molecule has 0 fully saturated rings. The van der Waals surface area contributed by atoms with E-state index in [-0.39, 0.29) is 36.3 Å². The van der Waals surface area contributed by atoms with Gasteiger partial charge >= 0.3 is 0 Å². The number of aliphatic hydroxyl groups excluding tert-OH is 1. The van der Waals surface area contributed by atoms with Gasteiger partial charge in [-0.15, -0.1) is 0 Å². The van der Waals surface area contributed by atoms with Crippen LogP contribution >= 0.6 is 0 Å². The van der Waals surface area contributed by atoms with Gasteiger partial charge in [0.2, 0.25) is 0 Å². The van der Waals surface area contributed by atoms with Crippen LogP contribution in [0.3, 0.4) is 0 Å². The van der Waals surface area contributed by atoms with Crippen molar-refractivity contribution in [2.24, 2.45) is 5.41 Å². The Balaban J connectivity index is 2.70. The molecule has 108 valence electrons. The van der Waals surface area contributed by atoms with Gasteiger partial charge in [-0.25, -0.2) is 0 Å². The highest BCUT2D eigenvalue weighted by molar-refractivity contribution is 5.92. The van der Waals surface area contributed by atoms with Crippen molar-refractivity contribution in [1.29, 1.82) is 0 Å². The molecule has 0 aliphatic carbocycles. The topological polar surface area (TPSA) is 84.6 Å². The van der Waals surface area contributed by atoms with Crippen LogP contribution in [0, 0.1) is 5.41 Å². The van der Waals surface area contributed by atoms with Gasteiger partial charge in [0.15, 0.2) is 11.5 Å². The summed E-state index contributed by atoms with van der Waals surface area (Å²) in [5, 5.41) is 15.6. The number of hydrogen-bond acceptors (Lipinski definition) is 5. The standard InChI is InChI=1S/C13H22N2O4/c1-13(2,3)11(5-6-16)14-12(17)10-7-9(8-18-4)19-15-10/h7,11,16H,5-6,8H2,1-4H3,(H,14,17). The first-order valence-electron chi connectivity index (χ1n) is 6.24. The quantitative estimate of drug-likeness (QED) is 0.815. The summed E-state index contributed by atoms with van der Waals surface area (Å²) < 4.78 is 9.86. The molecule has 1 unspecified atom stereocenters. The normalized spacial score (nSPS) is 13.3. The van der Waals surface area contributed by atoms with Gasteiger partial charge in [-0.3, -0.25) is 4.79 Å². The molecule has 0 saturated heterocycles. The number of hydrogen-bond donors (Lipinski definition) is 2. The highest BCUT2D eigenvalue weighted by atomic mass is 16.5. The van der Waals surface area contributed by atoms with E-state index in [9.17, 15) is 4.79 Å². The lowest BCUT2D eigenvalue weighted by molar-refractivity contribution is 0.0875. The lowest BCUT2D eigenvalue weighted by Gasteiger charge is -2.30. The smallest absolute Gasteiger partial charge is 0.273 e. The average molecular weight is 270 g/mol. The van der Waals surface area contributed by atoms with Crippen LogP contribution in [0.15, 0.2) is 10.6 Å². The second-order valence-electron chi connectivity index (χ2n) is 5.52. The molecule has 1 heterocycles. The van der Waals surface area contributed by atoms with Crippen molar-refractivity contribution in [2.75, 3.05) is 13.7 Å². The van der Waals surface area contributed by atoms with E-state index < -0.39 is 0 Å². The molecular weight excluding hydrogens is 248 g/mol. The minimum absolute atomic E-state index is 0.0238. The molecule has 0 aliphatic rings. The summed E-state index contributed by atoms with van der Waals surface area (Å²) in [7, 11) is 1.54. The summed E-state index contributed by atoms with van der Waals surface area (Å²) in [6, 6.07) is 1.42. The van der Waals surface area contributed by atoms with Crippen LogP contribution < -0.4 is 5.32 Å².